The van der Waals surface area contributed by atoms with E-state index in [9.17, 15) is 0 Å². The van der Waals surface area contributed by atoms with Crippen LogP contribution in [0.5, 0.6) is 0 Å². The van der Waals surface area contributed by atoms with Crippen LogP contribution in [0.15, 0.2) is 0 Å². The van der Waals surface area contributed by atoms with Crippen molar-refractivity contribution in [2.45, 2.75) is 43.3 Å². The Morgan fingerprint density at radius 1 is 0.500 bits per heavy atom. The van der Waals surface area contributed by atoms with E-state index in [2.05, 4.69) is 0 Å². The third-order valence-electron chi connectivity index (χ3n) is 9.97. The zero-order chi connectivity index (χ0) is 18.3. The highest BCUT2D eigenvalue weighted by Crippen LogP contribution is 2.94. The lowest BCUT2D eigenvalue weighted by atomic mass is 9.53. The maximum atomic E-state index is 7.25. The lowest BCUT2D eigenvalue weighted by Crippen LogP contribution is -2.51. The molecule has 5 aliphatic carbocycles. The van der Waals surface area contributed by atoms with Gasteiger partial charge < -0.3 is 23.7 Å². The second-order valence-corrected chi connectivity index (χ2v) is 10.5. The molecule has 0 radical (unpaired) electrons. The minimum atomic E-state index is 0.226. The van der Waals surface area contributed by atoms with E-state index in [-0.39, 0.29) is 11.2 Å². The minimum Gasteiger partial charge on any atom is -0.379 e. The lowest BCUT2D eigenvalue weighted by Gasteiger charge is -2.48. The molecule has 4 bridgehead atoms. The van der Waals surface area contributed by atoms with E-state index in [1.54, 1.807) is 0 Å². The zero-order valence-corrected chi connectivity index (χ0v) is 16.9. The van der Waals surface area contributed by atoms with E-state index < -0.39 is 0 Å². The van der Waals surface area contributed by atoms with Crippen molar-refractivity contribution in [2.75, 3.05) is 52.9 Å². The van der Waals surface area contributed by atoms with E-state index in [1.165, 1.54) is 19.3 Å². The summed E-state index contributed by atoms with van der Waals surface area (Å²) in [5.41, 5.74) is 0.452. The van der Waals surface area contributed by atoms with Gasteiger partial charge in [-0.25, -0.2) is 0 Å². The molecule has 5 heteroatoms. The Bertz CT molecular complexity index is 584. The van der Waals surface area contributed by atoms with Gasteiger partial charge in [-0.1, -0.05) is 0 Å². The lowest BCUT2D eigenvalue weighted by molar-refractivity contribution is -0.0854. The third kappa shape index (κ3) is 1.92. The molecular formula is C23H34O5. The number of hydrogen-bond acceptors (Lipinski definition) is 5. The molecule has 3 aliphatic heterocycles. The minimum absolute atomic E-state index is 0.226. The summed E-state index contributed by atoms with van der Waals surface area (Å²) in [6, 6.07) is 0. The highest BCUT2D eigenvalue weighted by Gasteiger charge is 2.96. The molecule has 3 saturated heterocycles. The first-order valence-corrected chi connectivity index (χ1v) is 11.9. The Kier molecular flexibility index (Phi) is 3.85. The number of ether oxygens (including phenoxy) is 5. The molecule has 0 aromatic heterocycles. The second-order valence-electron chi connectivity index (χ2n) is 10.5. The number of rotatable bonds is 0. The SMILES string of the molecule is C1COCCOCCOCCOCCC[C@@]23O[C@@]4(C1)[C@@H]1[C@@H]5[C@@H]6C[C@H]([C@@H]5[C@@H]12)[C@@H]3[C@H]64. The second kappa shape index (κ2) is 6.16. The first-order chi connectivity index (χ1) is 13.9. The summed E-state index contributed by atoms with van der Waals surface area (Å²) in [5, 5.41) is 0. The van der Waals surface area contributed by atoms with Gasteiger partial charge in [0.05, 0.1) is 50.8 Å². The van der Waals surface area contributed by atoms with E-state index in [4.69, 9.17) is 23.7 Å². The molecule has 0 amide bonds. The highest BCUT2D eigenvalue weighted by molar-refractivity contribution is 5.43. The smallest absolute Gasteiger partial charge is 0.0760 e. The van der Waals surface area contributed by atoms with Gasteiger partial charge in [-0.05, 0) is 79.4 Å². The van der Waals surface area contributed by atoms with Gasteiger partial charge in [-0.15, -0.1) is 0 Å². The van der Waals surface area contributed by atoms with Gasteiger partial charge >= 0.3 is 0 Å². The normalized spacial score (nSPS) is 60.0. The molecule has 8 aliphatic rings. The number of hydrogen-bond donors (Lipinski definition) is 0. The van der Waals surface area contributed by atoms with Crippen LogP contribution in [0.3, 0.4) is 0 Å². The predicted octanol–water partition coefficient (Wildman–Crippen LogP) is 2.52. The van der Waals surface area contributed by atoms with Gasteiger partial charge in [0.15, 0.2) is 0 Å². The Morgan fingerprint density at radius 2 is 0.929 bits per heavy atom. The molecule has 5 nitrogen and oxygen atoms in total. The van der Waals surface area contributed by atoms with Crippen LogP contribution in [0, 0.1) is 47.3 Å². The summed E-state index contributed by atoms with van der Waals surface area (Å²) in [4.78, 5) is 0. The van der Waals surface area contributed by atoms with Crippen LogP contribution < -0.4 is 0 Å². The molecule has 10 atom stereocenters. The molecule has 0 aromatic carbocycles. The molecular weight excluding hydrogens is 356 g/mol. The van der Waals surface area contributed by atoms with Crippen LogP contribution in [0.25, 0.3) is 0 Å². The molecule has 2 spiro atoms. The largest absolute Gasteiger partial charge is 0.379 e. The van der Waals surface area contributed by atoms with Crippen molar-refractivity contribution in [2.24, 2.45) is 47.3 Å². The fourth-order valence-corrected chi connectivity index (χ4v) is 9.94. The molecule has 5 saturated carbocycles. The quantitative estimate of drug-likeness (QED) is 0.636. The van der Waals surface area contributed by atoms with Gasteiger partial charge in [-0.2, -0.15) is 0 Å². The van der Waals surface area contributed by atoms with Crippen LogP contribution >= 0.6 is 0 Å². The van der Waals surface area contributed by atoms with Gasteiger partial charge in [0.2, 0.25) is 0 Å². The predicted molar refractivity (Wildman–Crippen MR) is 101 cm³/mol. The van der Waals surface area contributed by atoms with Crippen molar-refractivity contribution in [3.05, 3.63) is 0 Å². The van der Waals surface area contributed by atoms with E-state index in [0.717, 1.165) is 73.4 Å². The summed E-state index contributed by atoms with van der Waals surface area (Å²) >= 11 is 0. The van der Waals surface area contributed by atoms with Crippen LogP contribution in [0.4, 0.5) is 0 Å². The summed E-state index contributed by atoms with van der Waals surface area (Å²) in [5.74, 6) is 7.61. The summed E-state index contributed by atoms with van der Waals surface area (Å²) < 4.78 is 30.2. The average molecular weight is 391 g/mol. The van der Waals surface area contributed by atoms with Crippen LogP contribution in [0.2, 0.25) is 0 Å². The van der Waals surface area contributed by atoms with Crippen molar-refractivity contribution >= 4 is 0 Å². The molecule has 0 N–H and O–H groups in total. The Balaban J connectivity index is 1.09. The van der Waals surface area contributed by atoms with Crippen molar-refractivity contribution in [3.63, 3.8) is 0 Å². The fraction of sp³-hybridized carbons (Fsp3) is 1.00. The summed E-state index contributed by atoms with van der Waals surface area (Å²) in [6.07, 6.45) is 6.28. The fourth-order valence-electron chi connectivity index (χ4n) is 9.94. The Morgan fingerprint density at radius 3 is 1.39 bits per heavy atom. The highest BCUT2D eigenvalue weighted by atomic mass is 16.6. The standard InChI is InChI=1S/C23H34O5/c1-3-22-18-14-13-15-17-16(14)20(22)21(17)23(28-22,19(15)18)4-2-6-25-8-10-27-12-11-26-9-7-24-5-1/h14-21H,1-13H2/t14-,15+,16+,17-,18-,19+,20+,21-,22+,23-. The molecule has 8 rings (SSSR count). The van der Waals surface area contributed by atoms with Gasteiger partial charge in [0.1, 0.15) is 0 Å². The van der Waals surface area contributed by atoms with E-state index in [0.29, 0.717) is 39.6 Å². The molecule has 0 unspecified atom stereocenters. The molecule has 156 valence electrons. The average Bonchev–Trinajstić information content (AvgIpc) is 3.33. The maximum Gasteiger partial charge on any atom is 0.0760 e. The topological polar surface area (TPSA) is 46.2 Å². The maximum absolute atomic E-state index is 7.25. The van der Waals surface area contributed by atoms with Crippen molar-refractivity contribution in [1.29, 1.82) is 0 Å². The first kappa shape index (κ1) is 17.5. The van der Waals surface area contributed by atoms with Gasteiger partial charge in [0, 0.05) is 13.2 Å². The van der Waals surface area contributed by atoms with E-state index >= 15 is 0 Å². The monoisotopic (exact) mass is 390 g/mol. The van der Waals surface area contributed by atoms with Crippen LogP contribution in [0.1, 0.15) is 32.1 Å². The third-order valence-corrected chi connectivity index (χ3v) is 9.97. The van der Waals surface area contributed by atoms with Crippen molar-refractivity contribution in [1.82, 2.24) is 0 Å². The Hall–Kier alpha value is -0.200. The molecule has 3 heterocycles. The summed E-state index contributed by atoms with van der Waals surface area (Å²) in [7, 11) is 0. The van der Waals surface area contributed by atoms with Crippen LogP contribution in [-0.2, 0) is 23.7 Å². The van der Waals surface area contributed by atoms with Crippen molar-refractivity contribution < 1.29 is 23.7 Å². The van der Waals surface area contributed by atoms with Crippen LogP contribution in [-0.4, -0.2) is 64.1 Å². The zero-order valence-electron chi connectivity index (χ0n) is 16.9. The summed E-state index contributed by atoms with van der Waals surface area (Å²) in [6.45, 7) is 5.68. The van der Waals surface area contributed by atoms with E-state index in [1.807, 2.05) is 0 Å². The van der Waals surface area contributed by atoms with Crippen molar-refractivity contribution in [3.8, 4) is 0 Å². The van der Waals surface area contributed by atoms with Gasteiger partial charge in [0.25, 0.3) is 0 Å². The van der Waals surface area contributed by atoms with Gasteiger partial charge in [-0.3, -0.25) is 0 Å². The first-order valence-electron chi connectivity index (χ1n) is 11.9. The molecule has 0 aromatic rings. The molecule has 28 heavy (non-hydrogen) atoms. The molecule has 8 fully saturated rings. The Labute approximate surface area is 167 Å².